The van der Waals surface area contributed by atoms with Crippen LogP contribution in [0.15, 0.2) is 35.4 Å². The van der Waals surface area contributed by atoms with Gasteiger partial charge in [0.25, 0.3) is 5.56 Å². The summed E-state index contributed by atoms with van der Waals surface area (Å²) < 4.78 is 46.5. The Bertz CT molecular complexity index is 1240. The maximum Gasteiger partial charge on any atom is 0.416 e. The molecule has 4 rings (SSSR count). The molecular weight excluding hydrogens is 391 g/mol. The number of hydrogen-bond donors (Lipinski definition) is 2. The van der Waals surface area contributed by atoms with E-state index in [4.69, 9.17) is 9.84 Å². The molecule has 0 radical (unpaired) electrons. The van der Waals surface area contributed by atoms with Crippen LogP contribution in [-0.2, 0) is 17.6 Å². The Morgan fingerprint density at radius 3 is 2.62 bits per heavy atom. The highest BCUT2D eigenvalue weighted by Crippen LogP contribution is 2.31. The van der Waals surface area contributed by atoms with Crippen molar-refractivity contribution >= 4 is 16.9 Å². The maximum atomic E-state index is 12.9. The Kier molecular flexibility index (Phi) is 4.63. The lowest BCUT2D eigenvalue weighted by atomic mass is 10.1. The summed E-state index contributed by atoms with van der Waals surface area (Å²) in [5, 5.41) is 8.81. The van der Waals surface area contributed by atoms with Crippen LogP contribution in [0.2, 0.25) is 0 Å². The highest BCUT2D eigenvalue weighted by Gasteiger charge is 2.30. The van der Waals surface area contributed by atoms with Gasteiger partial charge in [0.1, 0.15) is 6.73 Å². The van der Waals surface area contributed by atoms with E-state index in [-0.39, 0.29) is 31.2 Å². The molecule has 0 atom stereocenters. The molecule has 0 bridgehead atoms. The van der Waals surface area contributed by atoms with E-state index in [2.05, 4.69) is 15.0 Å². The molecule has 8 nitrogen and oxygen atoms in total. The lowest BCUT2D eigenvalue weighted by molar-refractivity contribution is -0.137. The number of H-pyrrole nitrogens is 1. The van der Waals surface area contributed by atoms with Gasteiger partial charge in [-0.05, 0) is 24.6 Å². The number of aromatic amines is 1. The summed E-state index contributed by atoms with van der Waals surface area (Å²) >= 11 is 0. The monoisotopic (exact) mass is 407 g/mol. The molecule has 0 aliphatic rings. The highest BCUT2D eigenvalue weighted by molar-refractivity contribution is 5.74. The van der Waals surface area contributed by atoms with E-state index >= 15 is 0 Å². The zero-order chi connectivity index (χ0) is 20.8. The Hall–Kier alpha value is -3.18. The van der Waals surface area contributed by atoms with Gasteiger partial charge in [-0.2, -0.15) is 18.2 Å². The molecule has 4 aromatic rings. The smallest absolute Gasteiger partial charge is 0.394 e. The summed E-state index contributed by atoms with van der Waals surface area (Å²) in [6.45, 7) is 1.72. The predicted molar refractivity (Wildman–Crippen MR) is 97.3 cm³/mol. The summed E-state index contributed by atoms with van der Waals surface area (Å²) in [6, 6.07) is 4.65. The van der Waals surface area contributed by atoms with Gasteiger partial charge < -0.3 is 14.8 Å². The summed E-state index contributed by atoms with van der Waals surface area (Å²) in [4.78, 5) is 24.4. The summed E-state index contributed by atoms with van der Waals surface area (Å²) in [5.41, 5.74) is 0.760. The zero-order valence-corrected chi connectivity index (χ0v) is 15.2. The van der Waals surface area contributed by atoms with E-state index in [9.17, 15) is 18.0 Å². The van der Waals surface area contributed by atoms with Crippen LogP contribution in [0, 0.1) is 6.92 Å². The zero-order valence-electron chi connectivity index (χ0n) is 15.2. The minimum absolute atomic E-state index is 0.0606. The van der Waals surface area contributed by atoms with Crippen LogP contribution in [0.1, 0.15) is 11.3 Å². The average Bonchev–Trinajstić information content (AvgIpc) is 3.23. The molecule has 3 heterocycles. The summed E-state index contributed by atoms with van der Waals surface area (Å²) in [6.07, 6.45) is -3.01. The lowest BCUT2D eigenvalue weighted by Gasteiger charge is -2.07. The molecule has 29 heavy (non-hydrogen) atoms. The van der Waals surface area contributed by atoms with Gasteiger partial charge in [-0.3, -0.25) is 9.36 Å². The largest absolute Gasteiger partial charge is 0.416 e. The Morgan fingerprint density at radius 2 is 1.97 bits per heavy atom. The highest BCUT2D eigenvalue weighted by atomic mass is 19.4. The van der Waals surface area contributed by atoms with E-state index in [1.165, 1.54) is 27.4 Å². The van der Waals surface area contributed by atoms with Crippen LogP contribution >= 0.6 is 0 Å². The number of aliphatic hydroxyl groups excluding tert-OH is 1. The third-order valence-electron chi connectivity index (χ3n) is 4.54. The van der Waals surface area contributed by atoms with Crippen LogP contribution in [0.5, 0.6) is 0 Å². The number of benzene rings is 1. The second kappa shape index (κ2) is 7.01. The van der Waals surface area contributed by atoms with Gasteiger partial charge in [-0.15, -0.1) is 0 Å². The number of halogens is 3. The fraction of sp³-hybridized carbons (Fsp3) is 0.278. The maximum absolute atomic E-state index is 12.9. The van der Waals surface area contributed by atoms with Crippen LogP contribution in [-0.4, -0.2) is 42.2 Å². The van der Waals surface area contributed by atoms with Crippen molar-refractivity contribution in [1.82, 2.24) is 23.9 Å². The van der Waals surface area contributed by atoms with Crippen molar-refractivity contribution in [2.45, 2.75) is 19.8 Å². The van der Waals surface area contributed by atoms with E-state index in [1.54, 1.807) is 6.92 Å². The molecular formula is C18H16F3N5O3. The van der Waals surface area contributed by atoms with Crippen molar-refractivity contribution in [2.75, 3.05) is 13.2 Å². The first-order valence-corrected chi connectivity index (χ1v) is 8.63. The van der Waals surface area contributed by atoms with Crippen molar-refractivity contribution in [2.24, 2.45) is 0 Å². The van der Waals surface area contributed by atoms with Crippen LogP contribution in [0.3, 0.4) is 0 Å². The fourth-order valence-corrected chi connectivity index (χ4v) is 3.13. The number of fused-ring (bicyclic) bond motifs is 2. The standard InChI is InChI=1S/C18H16F3N5O3/c1-10-13(11-2-4-12(5-3-11)18(19,20)21)23-17-24-15-14(16(28)26(10)17)22-8-25(15)9-29-7-6-27/h2-5,8,27H,6-7,9H2,1H3,(H,23,24). The number of aliphatic hydroxyl groups is 1. The lowest BCUT2D eigenvalue weighted by Crippen LogP contribution is -2.16. The molecule has 3 aromatic heterocycles. The number of nitrogens with zero attached hydrogens (tertiary/aromatic N) is 4. The number of aromatic nitrogens is 5. The van der Waals surface area contributed by atoms with Crippen molar-refractivity contribution in [3.63, 3.8) is 0 Å². The Morgan fingerprint density at radius 1 is 1.24 bits per heavy atom. The van der Waals surface area contributed by atoms with Gasteiger partial charge >= 0.3 is 6.18 Å². The number of hydrogen-bond acceptors (Lipinski definition) is 5. The molecule has 0 saturated carbocycles. The molecule has 0 unspecified atom stereocenters. The predicted octanol–water partition coefficient (Wildman–Crippen LogP) is 2.33. The Balaban J connectivity index is 1.81. The van der Waals surface area contributed by atoms with Crippen LogP contribution < -0.4 is 5.56 Å². The SMILES string of the molecule is Cc1c(-c2ccc(C(F)(F)F)cc2)[nH]c2nc3c(ncn3COCCO)c(=O)n12. The third kappa shape index (κ3) is 3.28. The van der Waals surface area contributed by atoms with Gasteiger partial charge in [0.05, 0.1) is 36.5 Å². The molecule has 0 aliphatic heterocycles. The van der Waals surface area contributed by atoms with Gasteiger partial charge in [0, 0.05) is 0 Å². The van der Waals surface area contributed by atoms with Crippen molar-refractivity contribution in [3.8, 4) is 11.3 Å². The molecule has 0 amide bonds. The van der Waals surface area contributed by atoms with Gasteiger partial charge in [0.15, 0.2) is 11.2 Å². The summed E-state index contributed by atoms with van der Waals surface area (Å²) in [5.74, 6) is 0.235. The number of imidazole rings is 2. The molecule has 152 valence electrons. The van der Waals surface area contributed by atoms with E-state index < -0.39 is 17.3 Å². The fourth-order valence-electron chi connectivity index (χ4n) is 3.13. The normalized spacial score (nSPS) is 12.3. The molecule has 0 fully saturated rings. The van der Waals surface area contributed by atoms with Gasteiger partial charge in [-0.25, -0.2) is 9.38 Å². The first-order chi connectivity index (χ1) is 13.8. The number of rotatable bonds is 5. The summed E-state index contributed by atoms with van der Waals surface area (Å²) in [7, 11) is 0. The average molecular weight is 407 g/mol. The van der Waals surface area contributed by atoms with E-state index in [0.29, 0.717) is 22.6 Å². The quantitative estimate of drug-likeness (QED) is 0.495. The van der Waals surface area contributed by atoms with Gasteiger partial charge in [0.2, 0.25) is 5.78 Å². The van der Waals surface area contributed by atoms with Crippen molar-refractivity contribution in [3.05, 3.63) is 52.2 Å². The first-order valence-electron chi connectivity index (χ1n) is 8.63. The Labute approximate surface area is 161 Å². The van der Waals surface area contributed by atoms with E-state index in [1.807, 2.05) is 0 Å². The van der Waals surface area contributed by atoms with E-state index in [0.717, 1.165) is 12.1 Å². The minimum Gasteiger partial charge on any atom is -0.394 e. The molecule has 0 spiro atoms. The number of aryl methyl sites for hydroxylation is 1. The molecule has 1 aromatic carbocycles. The number of ether oxygens (including phenoxy) is 1. The van der Waals surface area contributed by atoms with Gasteiger partial charge in [-0.1, -0.05) is 12.1 Å². The molecule has 11 heteroatoms. The number of alkyl halides is 3. The second-order valence-electron chi connectivity index (χ2n) is 6.38. The minimum atomic E-state index is -4.42. The first kappa shape index (κ1) is 19.2. The topological polar surface area (TPSA) is 97.4 Å². The van der Waals surface area contributed by atoms with Crippen molar-refractivity contribution in [1.29, 1.82) is 0 Å². The second-order valence-corrected chi connectivity index (χ2v) is 6.38. The molecule has 2 N–H and O–H groups in total. The number of nitrogens with one attached hydrogen (secondary N) is 1. The van der Waals surface area contributed by atoms with Crippen LogP contribution in [0.4, 0.5) is 13.2 Å². The molecule has 0 saturated heterocycles. The third-order valence-corrected chi connectivity index (χ3v) is 4.54. The van der Waals surface area contributed by atoms with Crippen molar-refractivity contribution < 1.29 is 23.0 Å². The molecule has 0 aliphatic carbocycles. The van der Waals surface area contributed by atoms with Crippen LogP contribution in [0.25, 0.3) is 28.2 Å².